The Bertz CT molecular complexity index is 1300. The third-order valence-corrected chi connectivity index (χ3v) is 7.24. The minimum Gasteiger partial charge on any atom is -0.475 e. The van der Waals surface area contributed by atoms with Crippen LogP contribution < -0.4 is 10.2 Å². The third kappa shape index (κ3) is 5.72. The predicted molar refractivity (Wildman–Crippen MR) is 125 cm³/mol. The lowest BCUT2D eigenvalue weighted by Gasteiger charge is -2.30. The van der Waals surface area contributed by atoms with E-state index < -0.39 is 22.2 Å². The quantitative estimate of drug-likeness (QED) is 0.476. The number of carbonyl (C=O) groups is 1. The highest BCUT2D eigenvalue weighted by molar-refractivity contribution is 7.90. The number of hydrogen-bond donors (Lipinski definition) is 2. The Morgan fingerprint density at radius 2 is 1.56 bits per heavy atom. The molecule has 34 heavy (non-hydrogen) atoms. The molecule has 2 heterocycles. The van der Waals surface area contributed by atoms with Gasteiger partial charge in [-0.3, -0.25) is 0 Å². The summed E-state index contributed by atoms with van der Waals surface area (Å²) in [6.07, 6.45) is -3.54. The van der Waals surface area contributed by atoms with E-state index in [0.717, 1.165) is 37.3 Å². The van der Waals surface area contributed by atoms with Gasteiger partial charge in [-0.05, 0) is 36.4 Å². The summed E-state index contributed by atoms with van der Waals surface area (Å²) in [4.78, 5) is 11.1. The molecule has 0 bridgehead atoms. The van der Waals surface area contributed by atoms with Gasteiger partial charge in [0.2, 0.25) is 0 Å². The third-order valence-electron chi connectivity index (χ3n) is 4.83. The van der Waals surface area contributed by atoms with Gasteiger partial charge in [-0.15, -0.1) is 0 Å². The molecule has 7 nitrogen and oxygen atoms in total. The van der Waals surface area contributed by atoms with Crippen LogP contribution in [0.25, 0.3) is 10.9 Å². The van der Waals surface area contributed by atoms with E-state index in [1.807, 2.05) is 0 Å². The second-order valence-corrected chi connectivity index (χ2v) is 10.2. The van der Waals surface area contributed by atoms with Crippen LogP contribution in [0.15, 0.2) is 47.5 Å². The highest BCUT2D eigenvalue weighted by Gasteiger charge is 2.38. The number of fused-ring (bicyclic) bond motifs is 1. The number of carboxylic acid groups (broad SMARTS) is 1. The maximum atomic E-state index is 13.2. The van der Waals surface area contributed by atoms with Gasteiger partial charge in [-0.25, -0.2) is 17.2 Å². The van der Waals surface area contributed by atoms with Crippen LogP contribution in [-0.2, 0) is 14.8 Å². The van der Waals surface area contributed by atoms with E-state index in [9.17, 15) is 21.6 Å². The number of piperazine rings is 1. The van der Waals surface area contributed by atoms with Crippen LogP contribution in [0.5, 0.6) is 0 Å². The van der Waals surface area contributed by atoms with Crippen LogP contribution in [0.4, 0.5) is 18.9 Å². The zero-order valence-electron chi connectivity index (χ0n) is 17.1. The Labute approximate surface area is 207 Å². The molecule has 2 N–H and O–H groups in total. The van der Waals surface area contributed by atoms with Gasteiger partial charge in [0.15, 0.2) is 0 Å². The number of aromatic nitrogens is 1. The first-order valence-corrected chi connectivity index (χ1v) is 12.2. The average molecular weight is 559 g/mol. The molecule has 1 aliphatic heterocycles. The molecule has 1 saturated heterocycles. The molecule has 0 amide bonds. The highest BCUT2D eigenvalue weighted by Crippen LogP contribution is 2.36. The van der Waals surface area contributed by atoms with Crippen molar-refractivity contribution >= 4 is 67.4 Å². The standard InChI is InChI=1S/C18H16Cl3N3O2S.C2HF3O2/c19-12-9-13(20)11-14(10-12)27(25,26)24-6-3-15-17(24)2-1-16(21)18(15)23-7-4-22-5-8-23;3-2(4,5)1(6)7/h1-3,6,9-11,22H,4-5,7-8H2;(H,6,7). The number of rotatable bonds is 3. The molecule has 0 aliphatic carbocycles. The highest BCUT2D eigenvalue weighted by atomic mass is 35.5. The van der Waals surface area contributed by atoms with Crippen molar-refractivity contribution in [1.82, 2.24) is 9.29 Å². The zero-order valence-corrected chi connectivity index (χ0v) is 20.2. The molecule has 0 saturated carbocycles. The van der Waals surface area contributed by atoms with Gasteiger partial charge in [0.1, 0.15) is 0 Å². The molecule has 0 spiro atoms. The summed E-state index contributed by atoms with van der Waals surface area (Å²) in [5, 5.41) is 12.4. The van der Waals surface area contributed by atoms with Crippen molar-refractivity contribution in [3.05, 3.63) is 57.7 Å². The van der Waals surface area contributed by atoms with Gasteiger partial charge >= 0.3 is 12.1 Å². The topological polar surface area (TPSA) is 91.6 Å². The van der Waals surface area contributed by atoms with Crippen molar-refractivity contribution in [1.29, 1.82) is 0 Å². The van der Waals surface area contributed by atoms with Crippen molar-refractivity contribution in [3.8, 4) is 0 Å². The smallest absolute Gasteiger partial charge is 0.475 e. The van der Waals surface area contributed by atoms with Crippen LogP contribution >= 0.6 is 34.8 Å². The molecular formula is C20H17Cl3F3N3O4S. The zero-order chi connectivity index (χ0) is 25.3. The van der Waals surface area contributed by atoms with Crippen LogP contribution in [0.3, 0.4) is 0 Å². The lowest BCUT2D eigenvalue weighted by Crippen LogP contribution is -2.43. The maximum absolute atomic E-state index is 13.2. The fourth-order valence-corrected chi connectivity index (χ4v) is 5.72. The van der Waals surface area contributed by atoms with Crippen molar-refractivity contribution in [2.24, 2.45) is 0 Å². The monoisotopic (exact) mass is 557 g/mol. The Kier molecular flexibility index (Phi) is 7.93. The summed E-state index contributed by atoms with van der Waals surface area (Å²) in [6.45, 7) is 3.32. The van der Waals surface area contributed by atoms with Gasteiger partial charge < -0.3 is 15.3 Å². The van der Waals surface area contributed by atoms with E-state index in [2.05, 4.69) is 10.2 Å². The first-order chi connectivity index (χ1) is 15.8. The SMILES string of the molecule is O=C(O)C(F)(F)F.O=S(=O)(c1cc(Cl)cc(Cl)c1)n1ccc2c(N3CCNCC3)c(Cl)ccc21. The number of alkyl halides is 3. The van der Waals surface area contributed by atoms with Crippen LogP contribution in [-0.4, -0.2) is 55.8 Å². The number of halogens is 6. The first-order valence-electron chi connectivity index (χ1n) is 9.59. The number of nitrogens with zero attached hydrogens (tertiary/aromatic N) is 2. The fourth-order valence-electron chi connectivity index (χ4n) is 3.36. The summed E-state index contributed by atoms with van der Waals surface area (Å²) >= 11 is 18.5. The van der Waals surface area contributed by atoms with Crippen molar-refractivity contribution in [3.63, 3.8) is 0 Å². The van der Waals surface area contributed by atoms with Crippen LogP contribution in [0.1, 0.15) is 0 Å². The number of anilines is 1. The molecular weight excluding hydrogens is 542 g/mol. The molecule has 14 heteroatoms. The average Bonchev–Trinajstić information content (AvgIpc) is 3.18. The summed E-state index contributed by atoms with van der Waals surface area (Å²) in [7, 11) is -3.85. The lowest BCUT2D eigenvalue weighted by molar-refractivity contribution is -0.192. The molecule has 2 aromatic carbocycles. The summed E-state index contributed by atoms with van der Waals surface area (Å²) < 4.78 is 59.3. The van der Waals surface area contributed by atoms with E-state index in [-0.39, 0.29) is 14.9 Å². The number of hydrogen-bond acceptors (Lipinski definition) is 5. The van der Waals surface area contributed by atoms with E-state index >= 15 is 0 Å². The molecule has 4 rings (SSSR count). The molecule has 1 fully saturated rings. The molecule has 3 aromatic rings. The van der Waals surface area contributed by atoms with Gasteiger partial charge in [-0.1, -0.05) is 34.8 Å². The van der Waals surface area contributed by atoms with E-state index in [1.165, 1.54) is 28.4 Å². The first kappa shape index (κ1) is 26.4. The van der Waals surface area contributed by atoms with Crippen molar-refractivity contribution in [2.45, 2.75) is 11.1 Å². The lowest BCUT2D eigenvalue weighted by atomic mass is 10.2. The summed E-state index contributed by atoms with van der Waals surface area (Å²) in [5.74, 6) is -2.76. The number of benzene rings is 2. The van der Waals surface area contributed by atoms with E-state index in [0.29, 0.717) is 10.5 Å². The number of aliphatic carboxylic acids is 1. The second-order valence-electron chi connectivity index (χ2n) is 7.09. The molecule has 1 aromatic heterocycles. The Balaban J connectivity index is 0.000000406. The van der Waals surface area contributed by atoms with Gasteiger partial charge in [-0.2, -0.15) is 13.2 Å². The minimum absolute atomic E-state index is 0.0381. The van der Waals surface area contributed by atoms with Gasteiger partial charge in [0.05, 0.1) is 21.1 Å². The Hall–Kier alpha value is -2.18. The maximum Gasteiger partial charge on any atom is 0.490 e. The van der Waals surface area contributed by atoms with Crippen molar-refractivity contribution < 1.29 is 31.5 Å². The summed E-state index contributed by atoms with van der Waals surface area (Å²) in [6, 6.07) is 9.51. The predicted octanol–water partition coefficient (Wildman–Crippen LogP) is 4.88. The van der Waals surface area contributed by atoms with E-state index in [1.54, 1.807) is 18.2 Å². The Morgan fingerprint density at radius 1 is 1.00 bits per heavy atom. The normalized spacial score (nSPS) is 14.6. The second kappa shape index (κ2) is 10.2. The minimum atomic E-state index is -5.08. The molecule has 0 unspecified atom stereocenters. The van der Waals surface area contributed by atoms with Gasteiger partial charge in [0, 0.05) is 47.8 Å². The Morgan fingerprint density at radius 3 is 2.09 bits per heavy atom. The molecule has 1 aliphatic rings. The number of carboxylic acids is 1. The largest absolute Gasteiger partial charge is 0.490 e. The molecule has 0 radical (unpaired) electrons. The number of nitrogens with one attached hydrogen (secondary N) is 1. The van der Waals surface area contributed by atoms with E-state index in [4.69, 9.17) is 44.7 Å². The van der Waals surface area contributed by atoms with Crippen molar-refractivity contribution in [2.75, 3.05) is 31.1 Å². The molecule has 0 atom stereocenters. The molecule has 184 valence electrons. The fraction of sp³-hybridized carbons (Fsp3) is 0.250. The van der Waals surface area contributed by atoms with Gasteiger partial charge in [0.25, 0.3) is 10.0 Å². The van der Waals surface area contributed by atoms with Crippen LogP contribution in [0, 0.1) is 0 Å². The van der Waals surface area contributed by atoms with Crippen LogP contribution in [0.2, 0.25) is 15.1 Å². The summed E-state index contributed by atoms with van der Waals surface area (Å²) in [5.41, 5.74) is 1.41.